The number of aryl methyl sites for hydroxylation is 1. The molecule has 4 aromatic rings. The summed E-state index contributed by atoms with van der Waals surface area (Å²) in [5.41, 5.74) is 1.73. The Balaban J connectivity index is 1.80. The van der Waals surface area contributed by atoms with Crippen molar-refractivity contribution in [1.82, 2.24) is 19.5 Å². The van der Waals surface area contributed by atoms with Gasteiger partial charge in [-0.1, -0.05) is 18.2 Å². The Kier molecular flexibility index (Phi) is 4.22. The summed E-state index contributed by atoms with van der Waals surface area (Å²) in [5.74, 6) is 0.765. The maximum absolute atomic E-state index is 13.4. The summed E-state index contributed by atoms with van der Waals surface area (Å²) in [6.45, 7) is 1.91. The van der Waals surface area contributed by atoms with E-state index in [4.69, 9.17) is 0 Å². The lowest BCUT2D eigenvalue weighted by molar-refractivity contribution is 0.111. The van der Waals surface area contributed by atoms with Crippen molar-refractivity contribution >= 4 is 31.9 Å². The molecule has 0 atom stereocenters. The minimum atomic E-state index is -3.82. The van der Waals surface area contributed by atoms with Gasteiger partial charge >= 0.3 is 0 Å². The summed E-state index contributed by atoms with van der Waals surface area (Å²) in [7, 11) is -3.82. The van der Waals surface area contributed by atoms with Crippen LogP contribution < -0.4 is 0 Å². The van der Waals surface area contributed by atoms with Gasteiger partial charge in [0.2, 0.25) is 9.84 Å². The van der Waals surface area contributed by atoms with Gasteiger partial charge in [0.25, 0.3) is 0 Å². The number of imidazole rings is 1. The lowest BCUT2D eigenvalue weighted by Crippen LogP contribution is -2.21. The molecule has 2 N–H and O–H groups in total. The molecule has 0 bridgehead atoms. The van der Waals surface area contributed by atoms with E-state index in [2.05, 4.69) is 19.5 Å². The monoisotopic (exact) mass is 410 g/mol. The molecule has 7 nitrogen and oxygen atoms in total. The van der Waals surface area contributed by atoms with Gasteiger partial charge in [-0.05, 0) is 50.8 Å². The van der Waals surface area contributed by atoms with Gasteiger partial charge in [-0.25, -0.2) is 18.4 Å². The van der Waals surface area contributed by atoms with Crippen LogP contribution in [0, 0.1) is 6.92 Å². The highest BCUT2D eigenvalue weighted by molar-refractivity contribution is 7.91. The van der Waals surface area contributed by atoms with Crippen LogP contribution in [0.25, 0.3) is 22.1 Å². The van der Waals surface area contributed by atoms with E-state index in [1.165, 1.54) is 0 Å². The molecule has 1 aliphatic carbocycles. The number of aliphatic hydroxyl groups is 1. The first-order chi connectivity index (χ1) is 14.0. The summed E-state index contributed by atoms with van der Waals surface area (Å²) in [6.07, 6.45) is 4.66. The van der Waals surface area contributed by atoms with Crippen molar-refractivity contribution in [1.29, 1.82) is 0 Å². The zero-order valence-corrected chi connectivity index (χ0v) is 16.9. The first-order valence-corrected chi connectivity index (χ1v) is 11.3. The molecular formula is C21H22N4O3S. The molecule has 150 valence electrons. The van der Waals surface area contributed by atoms with E-state index in [1.54, 1.807) is 36.5 Å². The molecule has 1 saturated carbocycles. The first kappa shape index (κ1) is 18.3. The average molecular weight is 410 g/mol. The minimum Gasteiger partial charge on any atom is -0.393 e. The first-order valence-electron chi connectivity index (χ1n) is 9.80. The second-order valence-electron chi connectivity index (χ2n) is 7.66. The van der Waals surface area contributed by atoms with Crippen LogP contribution in [-0.2, 0) is 9.84 Å². The third-order valence-corrected chi connectivity index (χ3v) is 7.51. The highest BCUT2D eigenvalue weighted by Crippen LogP contribution is 2.37. The van der Waals surface area contributed by atoms with Crippen LogP contribution in [0.1, 0.15) is 37.5 Å². The predicted molar refractivity (Wildman–Crippen MR) is 110 cm³/mol. The molecule has 1 fully saturated rings. The molecule has 0 spiro atoms. The standard InChI is InChI=1S/C21H22N4O3S/c1-13-23-18-19(25(13)14-7-9-15(26)10-8-14)17-11-12-22-20(17)24-21(18)29(27,28)16-5-3-2-4-6-16/h2-6,11-12,14-15,26H,7-10H2,1H3,(H,22,24). The number of fused-ring (bicyclic) bond motifs is 3. The number of benzene rings is 1. The highest BCUT2D eigenvalue weighted by Gasteiger charge is 2.30. The molecule has 0 unspecified atom stereocenters. The summed E-state index contributed by atoms with van der Waals surface area (Å²) in [5, 5.41) is 10.7. The number of aromatic nitrogens is 4. The number of nitrogens with one attached hydrogen (secondary N) is 1. The fourth-order valence-electron chi connectivity index (χ4n) is 4.41. The summed E-state index contributed by atoms with van der Waals surface area (Å²) < 4.78 is 28.9. The van der Waals surface area contributed by atoms with Crippen molar-refractivity contribution in [3.8, 4) is 0 Å². The SMILES string of the molecule is Cc1nc2c(S(=O)(=O)c3ccccc3)nc3[nH]ccc3c2n1C1CCC(O)CC1. The van der Waals surface area contributed by atoms with Crippen LogP contribution in [0.4, 0.5) is 0 Å². The smallest absolute Gasteiger partial charge is 0.226 e. The van der Waals surface area contributed by atoms with E-state index in [1.807, 2.05) is 13.0 Å². The van der Waals surface area contributed by atoms with Crippen molar-refractivity contribution in [2.24, 2.45) is 0 Å². The number of aliphatic hydroxyl groups excluding tert-OH is 1. The second-order valence-corrected chi connectivity index (χ2v) is 9.53. The van der Waals surface area contributed by atoms with Crippen molar-refractivity contribution in [2.75, 3.05) is 0 Å². The lowest BCUT2D eigenvalue weighted by Gasteiger charge is -2.28. The fourth-order valence-corrected chi connectivity index (χ4v) is 5.76. The Labute approximate surface area is 168 Å². The molecule has 0 amide bonds. The fraction of sp³-hybridized carbons (Fsp3) is 0.333. The number of hydrogen-bond donors (Lipinski definition) is 2. The van der Waals surface area contributed by atoms with Gasteiger partial charge in [0.05, 0.1) is 16.5 Å². The largest absolute Gasteiger partial charge is 0.393 e. The van der Waals surface area contributed by atoms with Crippen LogP contribution >= 0.6 is 0 Å². The number of rotatable bonds is 3. The Morgan fingerprint density at radius 2 is 1.79 bits per heavy atom. The van der Waals surface area contributed by atoms with E-state index < -0.39 is 9.84 Å². The van der Waals surface area contributed by atoms with Crippen LogP contribution in [0.2, 0.25) is 0 Å². The third-order valence-electron chi connectivity index (χ3n) is 5.82. The minimum absolute atomic E-state index is 0.0219. The normalized spacial score (nSPS) is 20.5. The number of pyridine rings is 1. The van der Waals surface area contributed by atoms with Gasteiger partial charge < -0.3 is 14.7 Å². The van der Waals surface area contributed by atoms with Crippen LogP contribution in [0.15, 0.2) is 52.5 Å². The van der Waals surface area contributed by atoms with Crippen molar-refractivity contribution in [3.63, 3.8) is 0 Å². The molecule has 3 aromatic heterocycles. The predicted octanol–water partition coefficient (Wildman–Crippen LogP) is 3.53. The Morgan fingerprint density at radius 1 is 1.07 bits per heavy atom. The maximum Gasteiger partial charge on any atom is 0.226 e. The van der Waals surface area contributed by atoms with E-state index in [-0.39, 0.29) is 22.1 Å². The summed E-state index contributed by atoms with van der Waals surface area (Å²) in [6, 6.07) is 10.4. The Morgan fingerprint density at radius 3 is 2.52 bits per heavy atom. The van der Waals surface area contributed by atoms with Crippen LogP contribution in [-0.4, -0.2) is 39.1 Å². The highest BCUT2D eigenvalue weighted by atomic mass is 32.2. The topological polar surface area (TPSA) is 101 Å². The zero-order valence-electron chi connectivity index (χ0n) is 16.0. The van der Waals surface area contributed by atoms with Gasteiger partial charge in [0.1, 0.15) is 17.0 Å². The van der Waals surface area contributed by atoms with E-state index in [0.29, 0.717) is 11.2 Å². The van der Waals surface area contributed by atoms with Crippen molar-refractivity contribution in [3.05, 3.63) is 48.4 Å². The van der Waals surface area contributed by atoms with Crippen LogP contribution in [0.5, 0.6) is 0 Å². The Hall–Kier alpha value is -2.71. The van der Waals surface area contributed by atoms with Crippen LogP contribution in [0.3, 0.4) is 0 Å². The van der Waals surface area contributed by atoms with E-state index in [0.717, 1.165) is 42.4 Å². The van der Waals surface area contributed by atoms with Gasteiger partial charge in [-0.3, -0.25) is 0 Å². The molecule has 0 aliphatic heterocycles. The van der Waals surface area contributed by atoms with Crippen molar-refractivity contribution < 1.29 is 13.5 Å². The van der Waals surface area contributed by atoms with Gasteiger partial charge in [-0.2, -0.15) is 0 Å². The number of aromatic amines is 1. The molecular weight excluding hydrogens is 388 g/mol. The van der Waals surface area contributed by atoms with Gasteiger partial charge in [-0.15, -0.1) is 0 Å². The number of sulfone groups is 1. The zero-order chi connectivity index (χ0) is 20.2. The summed E-state index contributed by atoms with van der Waals surface area (Å²) in [4.78, 5) is 12.4. The molecule has 29 heavy (non-hydrogen) atoms. The number of H-pyrrole nitrogens is 1. The Bertz CT molecular complexity index is 1300. The molecule has 0 saturated heterocycles. The maximum atomic E-state index is 13.4. The quantitative estimate of drug-likeness (QED) is 0.538. The average Bonchev–Trinajstić information content (AvgIpc) is 3.32. The molecule has 5 rings (SSSR count). The lowest BCUT2D eigenvalue weighted by atomic mass is 9.92. The molecule has 8 heteroatoms. The molecule has 3 heterocycles. The van der Waals surface area contributed by atoms with Gasteiger partial charge in [0, 0.05) is 17.6 Å². The van der Waals surface area contributed by atoms with Crippen molar-refractivity contribution in [2.45, 2.75) is 54.7 Å². The number of hydrogen-bond acceptors (Lipinski definition) is 5. The van der Waals surface area contributed by atoms with Gasteiger partial charge in [0.15, 0.2) is 5.03 Å². The van der Waals surface area contributed by atoms with E-state index >= 15 is 0 Å². The van der Waals surface area contributed by atoms with E-state index in [9.17, 15) is 13.5 Å². The molecule has 1 aromatic carbocycles. The molecule has 0 radical (unpaired) electrons. The second kappa shape index (κ2) is 6.67. The number of nitrogens with zero attached hydrogens (tertiary/aromatic N) is 3. The molecule has 1 aliphatic rings. The summed E-state index contributed by atoms with van der Waals surface area (Å²) >= 11 is 0. The third kappa shape index (κ3) is 2.86.